The highest BCUT2D eigenvalue weighted by molar-refractivity contribution is 6.58. The smallest absolute Gasteiger partial charge is 0.484 e. The first-order valence-electron chi connectivity index (χ1n) is 23.2. The zero-order valence-corrected chi connectivity index (χ0v) is 38.9. The van der Waals surface area contributed by atoms with Crippen molar-refractivity contribution >= 4 is 72.6 Å². The Morgan fingerprint density at radius 1 is 0.704 bits per heavy atom. The molecule has 0 saturated heterocycles. The Bertz CT molecular complexity index is 2460. The number of carbonyl (C=O) groups is 7. The van der Waals surface area contributed by atoms with E-state index in [0.29, 0.717) is 72.9 Å². The molecule has 0 aliphatic carbocycles. The van der Waals surface area contributed by atoms with Crippen LogP contribution in [0, 0.1) is 0 Å². The van der Waals surface area contributed by atoms with Gasteiger partial charge in [-0.15, -0.1) is 0 Å². The molecule has 21 nitrogen and oxygen atoms in total. The van der Waals surface area contributed by atoms with Crippen LogP contribution in [0.25, 0.3) is 18.2 Å². The van der Waals surface area contributed by atoms with Gasteiger partial charge in [-0.05, 0) is 86.6 Å². The molecule has 1 aromatic carbocycles. The van der Waals surface area contributed by atoms with Crippen LogP contribution >= 0.6 is 0 Å². The molecule has 0 spiro atoms. The number of H-pyrrole nitrogens is 1. The number of nitrogens with one attached hydrogen (secondary N) is 6. The topological polar surface area (TPSA) is 292 Å². The van der Waals surface area contributed by atoms with Crippen molar-refractivity contribution in [2.75, 3.05) is 52.7 Å². The number of urea groups is 1. The van der Waals surface area contributed by atoms with Gasteiger partial charge in [-0.2, -0.15) is 0 Å². The van der Waals surface area contributed by atoms with Gasteiger partial charge in [-0.1, -0.05) is 24.6 Å². The quantitative estimate of drug-likeness (QED) is 0.0321. The number of hydrogen-bond acceptors (Lipinski definition) is 10. The van der Waals surface area contributed by atoms with E-state index in [1.165, 1.54) is 0 Å². The number of carboxylic acids is 3. The molecule has 2 atom stereocenters. The number of allylic oxidation sites excluding steroid dienone is 2. The number of unbranched alkanes of at least 4 members (excludes halogenated alkanes) is 3. The molecule has 382 valence electrons. The number of rotatable bonds is 32. The lowest BCUT2D eigenvalue weighted by Gasteiger charge is -2.30. The summed E-state index contributed by atoms with van der Waals surface area (Å²) in [6, 6.07) is 9.90. The molecule has 0 radical (unpaired) electrons. The van der Waals surface area contributed by atoms with Crippen LogP contribution in [-0.4, -0.2) is 148 Å². The van der Waals surface area contributed by atoms with Crippen LogP contribution in [-0.2, 0) is 38.2 Å². The number of halogens is 2. The lowest BCUT2D eigenvalue weighted by molar-refractivity contribution is -0.360. The third-order valence-electron chi connectivity index (χ3n) is 11.1. The number of aromatic nitrogens is 2. The Kier molecular flexibility index (Phi) is 21.1. The maximum absolute atomic E-state index is 16.1. The molecule has 0 saturated carbocycles. The van der Waals surface area contributed by atoms with E-state index in [1.54, 1.807) is 85.1 Å². The Labute approximate surface area is 407 Å². The van der Waals surface area contributed by atoms with Crippen molar-refractivity contribution in [3.8, 4) is 5.75 Å². The Morgan fingerprint density at radius 3 is 2.07 bits per heavy atom. The third kappa shape index (κ3) is 17.4. The van der Waals surface area contributed by atoms with Crippen molar-refractivity contribution in [1.29, 1.82) is 0 Å². The number of amides is 5. The molecule has 71 heavy (non-hydrogen) atoms. The van der Waals surface area contributed by atoms with Crippen molar-refractivity contribution in [2.24, 2.45) is 0 Å². The minimum Gasteiger partial charge on any atom is -0.484 e. The molecular weight excluding hydrogens is 933 g/mol. The third-order valence-corrected chi connectivity index (χ3v) is 11.1. The van der Waals surface area contributed by atoms with Crippen LogP contribution in [0.4, 0.5) is 13.4 Å². The minimum absolute atomic E-state index is 0.00978. The van der Waals surface area contributed by atoms with Crippen LogP contribution in [0.15, 0.2) is 72.6 Å². The lowest BCUT2D eigenvalue weighted by atomic mass is 9.90. The summed E-state index contributed by atoms with van der Waals surface area (Å²) in [5.41, 5.74) is 2.96. The van der Waals surface area contributed by atoms with E-state index >= 15 is 8.63 Å². The number of carboxylic acid groups (broad SMARTS) is 3. The maximum atomic E-state index is 16.1. The minimum atomic E-state index is -4.17. The molecule has 0 bridgehead atoms. The number of fused-ring (bicyclic) bond motifs is 2. The van der Waals surface area contributed by atoms with Gasteiger partial charge in [-0.3, -0.25) is 19.2 Å². The second-order valence-electron chi connectivity index (χ2n) is 16.4. The lowest BCUT2D eigenvalue weighted by Crippen LogP contribution is -2.51. The fourth-order valence-corrected chi connectivity index (χ4v) is 7.50. The van der Waals surface area contributed by atoms with E-state index in [4.69, 9.17) is 24.4 Å². The molecule has 2 aliphatic rings. The number of nitrogens with zero attached hydrogens (tertiary/aromatic N) is 2. The number of aliphatic carboxylic acids is 3. The summed E-state index contributed by atoms with van der Waals surface area (Å²) in [6.45, 7) is -3.13. The normalized spacial score (nSPS) is 14.2. The Hall–Kier alpha value is -7.60. The van der Waals surface area contributed by atoms with Crippen molar-refractivity contribution < 1.29 is 76.2 Å². The predicted molar refractivity (Wildman–Crippen MR) is 255 cm³/mol. The van der Waals surface area contributed by atoms with Gasteiger partial charge in [0, 0.05) is 68.3 Å². The van der Waals surface area contributed by atoms with E-state index in [9.17, 15) is 38.7 Å². The summed E-state index contributed by atoms with van der Waals surface area (Å²) in [6.07, 6.45) is 12.3. The molecule has 5 rings (SSSR count). The Morgan fingerprint density at radius 2 is 1.38 bits per heavy atom. The summed E-state index contributed by atoms with van der Waals surface area (Å²) < 4.78 is 50.6. The van der Waals surface area contributed by atoms with Gasteiger partial charge < -0.3 is 78.7 Å². The predicted octanol–water partition coefficient (Wildman–Crippen LogP) is 3.20. The van der Waals surface area contributed by atoms with Crippen molar-refractivity contribution in [1.82, 2.24) is 36.0 Å². The molecular formula is C47H59BF2N8O13. The first kappa shape index (κ1) is 54.3. The van der Waals surface area contributed by atoms with Gasteiger partial charge in [0.1, 0.15) is 30.1 Å². The van der Waals surface area contributed by atoms with Crippen LogP contribution < -0.4 is 31.3 Å². The highest BCUT2D eigenvalue weighted by atomic mass is 19.2. The zero-order chi connectivity index (χ0) is 51.2. The molecule has 4 heterocycles. The van der Waals surface area contributed by atoms with E-state index in [1.807, 2.05) is 0 Å². The average Bonchev–Trinajstić information content (AvgIpc) is 4.12. The summed E-state index contributed by atoms with van der Waals surface area (Å²) in [5.74, 6) is -4.42. The van der Waals surface area contributed by atoms with Gasteiger partial charge in [0.15, 0.2) is 18.0 Å². The Balaban J connectivity index is 0.829. The standard InChI is InChI=1S/C47H59BF2N8O13/c49-48(50)57-33(14-15-34(57)29-35-16-20-40(58(35)48)37-8-6-24-51-37)13-10-32-11-17-36(18-12-32)71-31-43(61)53-22-4-1-2-9-41(59)54-25-26-69-27-28-70-30-42(60)52-23-5-3-7-38(45(64)65)55-47(68)56-39(46(66)67)19-21-44(62)63/h6,8,10-18,20,24,29,38-39,51H,1-5,7,9,19,21-23,25-28,30-31H2,(H,52,60)(H,53,61)(H,54,59)(H,62,63)(H,64,65)(H,66,67)(H2,55,56,68). The second-order valence-corrected chi connectivity index (χ2v) is 16.4. The van der Waals surface area contributed by atoms with Gasteiger partial charge in [0.2, 0.25) is 11.8 Å². The first-order chi connectivity index (χ1) is 34.1. The fraction of sp³-hybridized carbons (Fsp3) is 0.404. The van der Waals surface area contributed by atoms with Crippen LogP contribution in [0.2, 0.25) is 0 Å². The second kappa shape index (κ2) is 27.6. The number of carbonyl (C=O) groups excluding carboxylic acids is 4. The molecule has 2 aromatic heterocycles. The molecule has 9 N–H and O–H groups in total. The van der Waals surface area contributed by atoms with Crippen molar-refractivity contribution in [2.45, 2.75) is 69.9 Å². The zero-order valence-electron chi connectivity index (χ0n) is 38.9. The van der Waals surface area contributed by atoms with Crippen LogP contribution in [0.3, 0.4) is 0 Å². The van der Waals surface area contributed by atoms with E-state index in [-0.39, 0.29) is 70.8 Å². The first-order valence-corrected chi connectivity index (χ1v) is 23.2. The van der Waals surface area contributed by atoms with Gasteiger partial charge in [0.25, 0.3) is 5.91 Å². The average molecular weight is 993 g/mol. The molecule has 24 heteroatoms. The molecule has 2 unspecified atom stereocenters. The highest BCUT2D eigenvalue weighted by Gasteiger charge is 2.52. The van der Waals surface area contributed by atoms with Crippen LogP contribution in [0.1, 0.15) is 80.4 Å². The number of benzene rings is 1. The summed E-state index contributed by atoms with van der Waals surface area (Å²) >= 11 is 0. The highest BCUT2D eigenvalue weighted by Crippen LogP contribution is 2.34. The van der Waals surface area contributed by atoms with Gasteiger partial charge in [-0.25, -0.2) is 14.4 Å². The largest absolute Gasteiger partial charge is 0.737 e. The van der Waals surface area contributed by atoms with E-state index in [0.717, 1.165) is 20.9 Å². The SMILES string of the molecule is O=C(O)CCC(NC(=O)NC(CCCCNC(=O)COCCOCCNC(=O)CCCCCNC(=O)COc1ccc(C=Cc2ccc3n2[B-](F)(F)[N+]2=C(c4ccc[nH]4)C=CC2=C3)cc1)C(=O)O)C(=O)O. The monoisotopic (exact) mass is 992 g/mol. The fourth-order valence-electron chi connectivity index (χ4n) is 7.50. The summed E-state index contributed by atoms with van der Waals surface area (Å²) in [4.78, 5) is 85.1. The van der Waals surface area contributed by atoms with Crippen molar-refractivity contribution in [3.05, 3.63) is 95.2 Å². The number of hydrogen-bond donors (Lipinski definition) is 9. The van der Waals surface area contributed by atoms with Gasteiger partial charge >= 0.3 is 30.9 Å². The van der Waals surface area contributed by atoms with Gasteiger partial charge in [0.05, 0.1) is 19.8 Å². The molecule has 3 aromatic rings. The summed E-state index contributed by atoms with van der Waals surface area (Å²) in [7, 11) is 0. The molecule has 0 fully saturated rings. The van der Waals surface area contributed by atoms with Crippen molar-refractivity contribution in [3.63, 3.8) is 0 Å². The number of ether oxygens (including phenoxy) is 3. The number of aromatic amines is 1. The van der Waals surface area contributed by atoms with E-state index < -0.39 is 55.3 Å². The van der Waals surface area contributed by atoms with E-state index in [2.05, 4.69) is 31.6 Å². The summed E-state index contributed by atoms with van der Waals surface area (Å²) in [5, 5.41) is 39.7. The molecule has 5 amide bonds. The van der Waals surface area contributed by atoms with Crippen LogP contribution in [0.5, 0.6) is 5.75 Å². The molecule has 2 aliphatic heterocycles. The maximum Gasteiger partial charge on any atom is 0.737 e.